The van der Waals surface area contributed by atoms with E-state index in [4.69, 9.17) is 0 Å². The molecule has 114 valence electrons. The normalized spacial score (nSPS) is 12.2. The molecule has 0 saturated carbocycles. The molecule has 0 aromatic heterocycles. The lowest BCUT2D eigenvalue weighted by Crippen LogP contribution is -2.32. The first-order valence-corrected chi connectivity index (χ1v) is 7.36. The molecular formula is C17H27F2N. The van der Waals surface area contributed by atoms with Crippen molar-refractivity contribution in [3.63, 3.8) is 0 Å². The number of benzene rings is 1. The Morgan fingerprint density at radius 1 is 1.15 bits per heavy atom. The Morgan fingerprint density at radius 3 is 2.40 bits per heavy atom. The SMILES string of the molecule is Cc1cc(F)c(CCC(C)(C)CNCC(C)C)cc1F. The molecule has 0 fully saturated rings. The van der Waals surface area contributed by atoms with Gasteiger partial charge in [-0.15, -0.1) is 0 Å². The standard InChI is InChI=1S/C17H27F2N/c1-12(2)10-20-11-17(4,5)7-6-14-9-15(18)13(3)8-16(14)19/h8-9,12,20H,6-7,10-11H2,1-5H3. The molecule has 3 heteroatoms. The van der Waals surface area contributed by atoms with Gasteiger partial charge < -0.3 is 5.32 Å². The van der Waals surface area contributed by atoms with Crippen molar-refractivity contribution in [1.29, 1.82) is 0 Å². The predicted molar refractivity (Wildman–Crippen MR) is 80.9 cm³/mol. The fraction of sp³-hybridized carbons (Fsp3) is 0.647. The zero-order valence-electron chi connectivity index (χ0n) is 13.3. The second kappa shape index (κ2) is 7.16. The van der Waals surface area contributed by atoms with E-state index in [2.05, 4.69) is 33.0 Å². The Morgan fingerprint density at radius 2 is 1.80 bits per heavy atom. The minimum atomic E-state index is -0.322. The third-order valence-corrected chi connectivity index (χ3v) is 3.55. The first kappa shape index (κ1) is 17.1. The van der Waals surface area contributed by atoms with E-state index in [9.17, 15) is 8.78 Å². The van der Waals surface area contributed by atoms with Gasteiger partial charge >= 0.3 is 0 Å². The molecule has 0 spiro atoms. The molecule has 0 heterocycles. The third kappa shape index (κ3) is 5.58. The van der Waals surface area contributed by atoms with E-state index in [0.29, 0.717) is 23.5 Å². The van der Waals surface area contributed by atoms with E-state index in [1.54, 1.807) is 6.92 Å². The quantitative estimate of drug-likeness (QED) is 0.778. The minimum absolute atomic E-state index is 0.0721. The van der Waals surface area contributed by atoms with Crippen LogP contribution in [0.3, 0.4) is 0 Å². The molecule has 20 heavy (non-hydrogen) atoms. The monoisotopic (exact) mass is 283 g/mol. The van der Waals surface area contributed by atoms with E-state index < -0.39 is 0 Å². The van der Waals surface area contributed by atoms with Crippen molar-refractivity contribution in [3.8, 4) is 0 Å². The van der Waals surface area contributed by atoms with Gasteiger partial charge in [-0.2, -0.15) is 0 Å². The zero-order chi connectivity index (χ0) is 15.3. The van der Waals surface area contributed by atoms with E-state index in [1.165, 1.54) is 12.1 Å². The molecule has 1 nitrogen and oxygen atoms in total. The van der Waals surface area contributed by atoms with Crippen LogP contribution in [0.1, 0.15) is 45.2 Å². The van der Waals surface area contributed by atoms with Crippen LogP contribution in [-0.4, -0.2) is 13.1 Å². The fourth-order valence-electron chi connectivity index (χ4n) is 2.14. The average Bonchev–Trinajstić information content (AvgIpc) is 2.31. The maximum Gasteiger partial charge on any atom is 0.126 e. The summed E-state index contributed by atoms with van der Waals surface area (Å²) in [5, 5.41) is 3.43. The van der Waals surface area contributed by atoms with Crippen LogP contribution in [0.5, 0.6) is 0 Å². The van der Waals surface area contributed by atoms with Crippen molar-refractivity contribution in [1.82, 2.24) is 5.32 Å². The highest BCUT2D eigenvalue weighted by atomic mass is 19.1. The molecule has 1 rings (SSSR count). The topological polar surface area (TPSA) is 12.0 Å². The molecule has 0 radical (unpaired) electrons. The summed E-state index contributed by atoms with van der Waals surface area (Å²) in [6.07, 6.45) is 1.40. The molecule has 1 aromatic carbocycles. The summed E-state index contributed by atoms with van der Waals surface area (Å²) < 4.78 is 27.3. The lowest BCUT2D eigenvalue weighted by molar-refractivity contribution is 0.307. The van der Waals surface area contributed by atoms with Crippen molar-refractivity contribution in [2.75, 3.05) is 13.1 Å². The van der Waals surface area contributed by atoms with Gasteiger partial charge in [-0.25, -0.2) is 8.78 Å². The summed E-state index contributed by atoms with van der Waals surface area (Å²) in [4.78, 5) is 0. The predicted octanol–water partition coefficient (Wildman–Crippen LogP) is 4.48. The summed E-state index contributed by atoms with van der Waals surface area (Å²) in [7, 11) is 0. The van der Waals surface area contributed by atoms with Crippen LogP contribution in [0.4, 0.5) is 8.78 Å². The molecular weight excluding hydrogens is 256 g/mol. The Bertz CT molecular complexity index is 439. The summed E-state index contributed by atoms with van der Waals surface area (Å²) in [6, 6.07) is 2.62. The summed E-state index contributed by atoms with van der Waals surface area (Å²) in [6.45, 7) is 12.1. The van der Waals surface area contributed by atoms with Gasteiger partial charge in [0.1, 0.15) is 11.6 Å². The Hall–Kier alpha value is -0.960. The number of rotatable bonds is 7. The van der Waals surface area contributed by atoms with Crippen molar-refractivity contribution >= 4 is 0 Å². The van der Waals surface area contributed by atoms with Crippen LogP contribution < -0.4 is 5.32 Å². The zero-order valence-corrected chi connectivity index (χ0v) is 13.3. The number of halogens is 2. The third-order valence-electron chi connectivity index (χ3n) is 3.55. The Kier molecular flexibility index (Phi) is 6.12. The Balaban J connectivity index is 2.55. The van der Waals surface area contributed by atoms with Gasteiger partial charge in [-0.1, -0.05) is 27.7 Å². The lowest BCUT2D eigenvalue weighted by atomic mass is 9.86. The van der Waals surface area contributed by atoms with E-state index in [0.717, 1.165) is 19.5 Å². The van der Waals surface area contributed by atoms with Crippen LogP contribution in [0.2, 0.25) is 0 Å². The fourth-order valence-corrected chi connectivity index (χ4v) is 2.14. The van der Waals surface area contributed by atoms with E-state index in [1.807, 2.05) is 0 Å². The summed E-state index contributed by atoms with van der Waals surface area (Å²) >= 11 is 0. The van der Waals surface area contributed by atoms with Crippen LogP contribution in [0.15, 0.2) is 12.1 Å². The first-order chi connectivity index (χ1) is 9.21. The molecule has 0 bridgehead atoms. The van der Waals surface area contributed by atoms with Crippen LogP contribution in [-0.2, 0) is 6.42 Å². The van der Waals surface area contributed by atoms with Crippen molar-refractivity contribution in [2.24, 2.45) is 11.3 Å². The highest BCUT2D eigenvalue weighted by Crippen LogP contribution is 2.24. The molecule has 0 aliphatic carbocycles. The Labute approximate surface area is 121 Å². The molecule has 0 amide bonds. The molecule has 0 unspecified atom stereocenters. The first-order valence-electron chi connectivity index (χ1n) is 7.36. The van der Waals surface area contributed by atoms with E-state index >= 15 is 0 Å². The summed E-state index contributed by atoms with van der Waals surface area (Å²) in [5.41, 5.74) is 0.914. The lowest BCUT2D eigenvalue weighted by Gasteiger charge is -2.26. The highest BCUT2D eigenvalue weighted by molar-refractivity contribution is 5.25. The maximum atomic E-state index is 13.8. The summed E-state index contributed by atoms with van der Waals surface area (Å²) in [5.74, 6) is 0.00131. The van der Waals surface area contributed by atoms with Gasteiger partial charge in [0.05, 0.1) is 0 Å². The van der Waals surface area contributed by atoms with Gasteiger partial charge in [0.25, 0.3) is 0 Å². The molecule has 0 atom stereocenters. The largest absolute Gasteiger partial charge is 0.316 e. The highest BCUT2D eigenvalue weighted by Gasteiger charge is 2.19. The molecule has 1 N–H and O–H groups in total. The van der Waals surface area contributed by atoms with Crippen LogP contribution in [0, 0.1) is 29.9 Å². The van der Waals surface area contributed by atoms with Crippen molar-refractivity contribution in [3.05, 3.63) is 34.9 Å². The maximum absolute atomic E-state index is 13.8. The second-order valence-corrected chi connectivity index (χ2v) is 6.88. The van der Waals surface area contributed by atoms with Gasteiger partial charge in [0.2, 0.25) is 0 Å². The minimum Gasteiger partial charge on any atom is -0.316 e. The van der Waals surface area contributed by atoms with Crippen LogP contribution in [0.25, 0.3) is 0 Å². The smallest absolute Gasteiger partial charge is 0.126 e. The van der Waals surface area contributed by atoms with Gasteiger partial charge in [-0.05, 0) is 60.9 Å². The average molecular weight is 283 g/mol. The van der Waals surface area contributed by atoms with Crippen molar-refractivity contribution < 1.29 is 8.78 Å². The number of nitrogens with one attached hydrogen (secondary N) is 1. The number of aryl methyl sites for hydroxylation is 2. The molecule has 1 aromatic rings. The molecule has 0 saturated heterocycles. The molecule has 0 aliphatic heterocycles. The van der Waals surface area contributed by atoms with Crippen molar-refractivity contribution in [2.45, 2.75) is 47.5 Å². The van der Waals surface area contributed by atoms with E-state index in [-0.39, 0.29) is 17.0 Å². The van der Waals surface area contributed by atoms with Crippen LogP contribution >= 0.6 is 0 Å². The van der Waals surface area contributed by atoms with Gasteiger partial charge in [0, 0.05) is 6.54 Å². The number of hydrogen-bond acceptors (Lipinski definition) is 1. The number of hydrogen-bond donors (Lipinski definition) is 1. The van der Waals surface area contributed by atoms with Gasteiger partial charge in [0.15, 0.2) is 0 Å². The molecule has 0 aliphatic rings. The van der Waals surface area contributed by atoms with Gasteiger partial charge in [-0.3, -0.25) is 0 Å². The second-order valence-electron chi connectivity index (χ2n) is 6.88.